The number of imide groups is 1. The van der Waals surface area contributed by atoms with Gasteiger partial charge in [0.1, 0.15) is 11.7 Å². The molecule has 2 aromatic rings. The van der Waals surface area contributed by atoms with Crippen LogP contribution < -0.4 is 0 Å². The van der Waals surface area contributed by atoms with E-state index in [1.807, 2.05) is 30.3 Å². The molecule has 8 heteroatoms. The highest BCUT2D eigenvalue weighted by Crippen LogP contribution is 2.24. The van der Waals surface area contributed by atoms with Gasteiger partial charge in [0.05, 0.1) is 19.3 Å². The molecule has 0 unspecified atom stereocenters. The van der Waals surface area contributed by atoms with Crippen LogP contribution >= 0.6 is 0 Å². The van der Waals surface area contributed by atoms with Crippen LogP contribution in [0.2, 0.25) is 0 Å². The molecule has 0 radical (unpaired) electrons. The summed E-state index contributed by atoms with van der Waals surface area (Å²) < 4.78 is 0. The van der Waals surface area contributed by atoms with Gasteiger partial charge in [-0.3, -0.25) is 19.5 Å². The number of carbonyl (C=O) groups is 3. The zero-order valence-corrected chi connectivity index (χ0v) is 14.0. The van der Waals surface area contributed by atoms with E-state index in [1.165, 1.54) is 23.5 Å². The number of aromatic nitrogens is 2. The van der Waals surface area contributed by atoms with Crippen LogP contribution in [0.5, 0.6) is 0 Å². The molecule has 0 spiro atoms. The van der Waals surface area contributed by atoms with Gasteiger partial charge in [-0.25, -0.2) is 9.78 Å². The van der Waals surface area contributed by atoms with E-state index in [9.17, 15) is 14.4 Å². The SMILES string of the molecule is O=C(c1cnccn1)N1CCN2C(=O)N(Cc3ccccc3)C(=O)[C@@H]2C1. The van der Waals surface area contributed by atoms with E-state index in [1.54, 1.807) is 9.80 Å². The highest BCUT2D eigenvalue weighted by atomic mass is 16.2. The minimum atomic E-state index is -0.638. The Bertz CT molecular complexity index is 842. The first-order chi connectivity index (χ1) is 12.6. The van der Waals surface area contributed by atoms with Crippen LogP contribution in [0, 0.1) is 0 Å². The standard InChI is InChI=1S/C18H17N5O3/c24-16(14-10-19-6-7-20-14)21-8-9-22-15(12-21)17(25)23(18(22)26)11-13-4-2-1-3-5-13/h1-7,10,15H,8-9,11-12H2/t15-/m0/s1. The zero-order chi connectivity index (χ0) is 18.1. The number of carbonyl (C=O) groups excluding carboxylic acids is 3. The van der Waals surface area contributed by atoms with Crippen molar-refractivity contribution in [3.63, 3.8) is 0 Å². The largest absolute Gasteiger partial charge is 0.333 e. The summed E-state index contributed by atoms with van der Waals surface area (Å²) in [6.45, 7) is 1.10. The third-order valence-electron chi connectivity index (χ3n) is 4.66. The highest BCUT2D eigenvalue weighted by Gasteiger charge is 2.48. The van der Waals surface area contributed by atoms with E-state index in [4.69, 9.17) is 0 Å². The van der Waals surface area contributed by atoms with Crippen LogP contribution in [-0.4, -0.2) is 68.2 Å². The Morgan fingerprint density at radius 3 is 2.65 bits per heavy atom. The van der Waals surface area contributed by atoms with Gasteiger partial charge in [0.15, 0.2) is 0 Å². The number of amides is 4. The van der Waals surface area contributed by atoms with Crippen LogP contribution in [0.25, 0.3) is 0 Å². The summed E-state index contributed by atoms with van der Waals surface area (Å²) in [6, 6.07) is 8.44. The predicted molar refractivity (Wildman–Crippen MR) is 90.8 cm³/mol. The lowest BCUT2D eigenvalue weighted by atomic mass is 10.1. The van der Waals surface area contributed by atoms with E-state index < -0.39 is 6.04 Å². The fourth-order valence-electron chi connectivity index (χ4n) is 3.32. The van der Waals surface area contributed by atoms with Gasteiger partial charge < -0.3 is 9.80 Å². The van der Waals surface area contributed by atoms with Crippen molar-refractivity contribution in [3.8, 4) is 0 Å². The predicted octanol–water partition coefficient (Wildman–Crippen LogP) is 0.765. The van der Waals surface area contributed by atoms with Crippen LogP contribution in [0.15, 0.2) is 48.9 Å². The van der Waals surface area contributed by atoms with Gasteiger partial charge in [-0.15, -0.1) is 0 Å². The van der Waals surface area contributed by atoms with Crippen molar-refractivity contribution in [1.82, 2.24) is 24.7 Å². The second kappa shape index (κ2) is 6.55. The normalized spacial score (nSPS) is 19.7. The fraction of sp³-hybridized carbons (Fsp3) is 0.278. The van der Waals surface area contributed by atoms with Crippen molar-refractivity contribution < 1.29 is 14.4 Å². The summed E-state index contributed by atoms with van der Waals surface area (Å²) in [4.78, 5) is 50.2. The minimum absolute atomic E-state index is 0.172. The van der Waals surface area contributed by atoms with E-state index in [0.29, 0.717) is 13.1 Å². The molecule has 1 atom stereocenters. The number of nitrogens with zero attached hydrogens (tertiary/aromatic N) is 5. The van der Waals surface area contributed by atoms with Gasteiger partial charge in [-0.1, -0.05) is 30.3 Å². The minimum Gasteiger partial charge on any atom is -0.333 e. The van der Waals surface area contributed by atoms with Gasteiger partial charge in [0, 0.05) is 25.5 Å². The molecule has 0 N–H and O–H groups in total. The van der Waals surface area contributed by atoms with Crippen LogP contribution in [-0.2, 0) is 11.3 Å². The number of fused-ring (bicyclic) bond motifs is 1. The molecule has 2 aliphatic heterocycles. The number of benzene rings is 1. The third-order valence-corrected chi connectivity index (χ3v) is 4.66. The second-order valence-electron chi connectivity index (χ2n) is 6.24. The van der Waals surface area contributed by atoms with E-state index in [2.05, 4.69) is 9.97 Å². The molecule has 4 rings (SSSR count). The Balaban J connectivity index is 1.50. The summed E-state index contributed by atoms with van der Waals surface area (Å²) in [6.07, 6.45) is 4.35. The van der Waals surface area contributed by atoms with E-state index in [-0.39, 0.29) is 36.6 Å². The molecule has 0 saturated carbocycles. The molecule has 1 aromatic carbocycles. The Kier molecular flexibility index (Phi) is 4.08. The molecule has 2 fully saturated rings. The summed E-state index contributed by atoms with van der Waals surface area (Å²) in [5.41, 5.74) is 1.13. The van der Waals surface area contributed by atoms with Crippen molar-refractivity contribution >= 4 is 17.8 Å². The zero-order valence-electron chi connectivity index (χ0n) is 14.0. The Morgan fingerprint density at radius 1 is 1.12 bits per heavy atom. The fourth-order valence-corrected chi connectivity index (χ4v) is 3.32. The van der Waals surface area contributed by atoms with Gasteiger partial charge in [-0.2, -0.15) is 0 Å². The van der Waals surface area contributed by atoms with Crippen molar-refractivity contribution in [2.75, 3.05) is 19.6 Å². The molecular weight excluding hydrogens is 334 g/mol. The first kappa shape index (κ1) is 16.2. The smallest absolute Gasteiger partial charge is 0.327 e. The maximum Gasteiger partial charge on any atom is 0.327 e. The molecule has 2 saturated heterocycles. The Hall–Kier alpha value is -3.29. The van der Waals surface area contributed by atoms with Gasteiger partial charge in [0.2, 0.25) is 0 Å². The molecule has 8 nitrogen and oxygen atoms in total. The molecule has 4 amide bonds. The average molecular weight is 351 g/mol. The van der Waals surface area contributed by atoms with Crippen LogP contribution in [0.3, 0.4) is 0 Å². The molecule has 1 aromatic heterocycles. The second-order valence-corrected chi connectivity index (χ2v) is 6.24. The molecule has 26 heavy (non-hydrogen) atoms. The molecule has 3 heterocycles. The first-order valence-corrected chi connectivity index (χ1v) is 8.36. The van der Waals surface area contributed by atoms with Crippen LogP contribution in [0.1, 0.15) is 16.1 Å². The molecular formula is C18H17N5O3. The van der Waals surface area contributed by atoms with Crippen molar-refractivity contribution in [1.29, 1.82) is 0 Å². The highest BCUT2D eigenvalue weighted by molar-refractivity contribution is 6.05. The van der Waals surface area contributed by atoms with Gasteiger partial charge in [-0.05, 0) is 5.56 Å². The number of piperazine rings is 1. The first-order valence-electron chi connectivity index (χ1n) is 8.36. The maximum absolute atomic E-state index is 12.8. The van der Waals surface area contributed by atoms with Gasteiger partial charge in [0.25, 0.3) is 11.8 Å². The van der Waals surface area contributed by atoms with Crippen LogP contribution in [0.4, 0.5) is 4.79 Å². The topological polar surface area (TPSA) is 86.7 Å². The van der Waals surface area contributed by atoms with Crippen molar-refractivity contribution in [3.05, 3.63) is 60.2 Å². The Morgan fingerprint density at radius 2 is 1.92 bits per heavy atom. The lowest BCUT2D eigenvalue weighted by Crippen LogP contribution is -2.54. The average Bonchev–Trinajstić information content (AvgIpc) is 2.93. The lowest BCUT2D eigenvalue weighted by molar-refractivity contribution is -0.129. The summed E-state index contributed by atoms with van der Waals surface area (Å²) >= 11 is 0. The monoisotopic (exact) mass is 351 g/mol. The molecule has 0 bridgehead atoms. The number of hydrogen-bond acceptors (Lipinski definition) is 5. The van der Waals surface area contributed by atoms with E-state index >= 15 is 0 Å². The van der Waals surface area contributed by atoms with Crippen molar-refractivity contribution in [2.45, 2.75) is 12.6 Å². The molecule has 132 valence electrons. The summed E-state index contributed by atoms with van der Waals surface area (Å²) in [5.74, 6) is -0.546. The van der Waals surface area contributed by atoms with Crippen molar-refractivity contribution in [2.24, 2.45) is 0 Å². The quantitative estimate of drug-likeness (QED) is 0.762. The lowest BCUT2D eigenvalue weighted by Gasteiger charge is -2.35. The number of rotatable bonds is 3. The maximum atomic E-state index is 12.8. The van der Waals surface area contributed by atoms with E-state index in [0.717, 1.165) is 5.56 Å². The van der Waals surface area contributed by atoms with Gasteiger partial charge >= 0.3 is 6.03 Å². The number of urea groups is 1. The Labute approximate surface area is 150 Å². The molecule has 2 aliphatic rings. The third kappa shape index (κ3) is 2.79. The number of hydrogen-bond donors (Lipinski definition) is 0. The molecule has 0 aliphatic carbocycles. The summed E-state index contributed by atoms with van der Waals surface area (Å²) in [7, 11) is 0. The summed E-state index contributed by atoms with van der Waals surface area (Å²) in [5, 5.41) is 0.